The molecule has 1 aliphatic heterocycles. The van der Waals surface area contributed by atoms with Crippen LogP contribution in [0, 0.1) is 10.1 Å². The molecule has 1 aromatic carbocycles. The van der Waals surface area contributed by atoms with Crippen LogP contribution in [0.5, 0.6) is 0 Å². The second-order valence-electron chi connectivity index (χ2n) is 5.31. The molecule has 7 heteroatoms. The largest absolute Gasteiger partial charge is 0.314 e. The zero-order chi connectivity index (χ0) is 17.4. The Labute approximate surface area is 137 Å². The highest BCUT2D eigenvalue weighted by atomic mass is 16.6. The molecule has 1 saturated heterocycles. The van der Waals surface area contributed by atoms with Crippen LogP contribution in [0.3, 0.4) is 0 Å². The van der Waals surface area contributed by atoms with Crippen molar-refractivity contribution in [2.75, 3.05) is 51.7 Å². The number of piperazine rings is 1. The van der Waals surface area contributed by atoms with E-state index >= 15 is 0 Å². The van der Waals surface area contributed by atoms with E-state index in [0.717, 1.165) is 26.2 Å². The second-order valence-corrected chi connectivity index (χ2v) is 5.31. The summed E-state index contributed by atoms with van der Waals surface area (Å²) in [7, 11) is 3.77. The van der Waals surface area contributed by atoms with Crippen molar-refractivity contribution >= 4 is 17.3 Å². The number of nitro groups is 1. The van der Waals surface area contributed by atoms with Crippen molar-refractivity contribution in [2.45, 2.75) is 13.8 Å². The van der Waals surface area contributed by atoms with Crippen LogP contribution in [0.1, 0.15) is 13.8 Å². The number of anilines is 1. The van der Waals surface area contributed by atoms with E-state index in [4.69, 9.17) is 0 Å². The summed E-state index contributed by atoms with van der Waals surface area (Å²) in [5.74, 6) is -0.00611. The lowest BCUT2D eigenvalue weighted by atomic mass is 10.2. The van der Waals surface area contributed by atoms with Gasteiger partial charge in [-0.3, -0.25) is 19.8 Å². The number of hydrogen-bond acceptors (Lipinski definition) is 5. The molecule has 1 amide bonds. The predicted molar refractivity (Wildman–Crippen MR) is 91.8 cm³/mol. The topological polar surface area (TPSA) is 69.9 Å². The average molecular weight is 322 g/mol. The van der Waals surface area contributed by atoms with Crippen molar-refractivity contribution in [1.82, 2.24) is 9.80 Å². The maximum Gasteiger partial charge on any atom is 0.269 e. The fraction of sp³-hybridized carbons (Fsp3) is 0.562. The summed E-state index contributed by atoms with van der Waals surface area (Å²) in [4.78, 5) is 28.3. The molecule has 0 spiro atoms. The fourth-order valence-corrected chi connectivity index (χ4v) is 2.25. The fourth-order valence-electron chi connectivity index (χ4n) is 2.25. The smallest absolute Gasteiger partial charge is 0.269 e. The van der Waals surface area contributed by atoms with Gasteiger partial charge in [-0.05, 0) is 19.2 Å². The van der Waals surface area contributed by atoms with Crippen LogP contribution in [0.4, 0.5) is 11.4 Å². The molecule has 0 atom stereocenters. The Morgan fingerprint density at radius 3 is 2.17 bits per heavy atom. The van der Waals surface area contributed by atoms with Gasteiger partial charge in [-0.15, -0.1) is 0 Å². The molecule has 0 aromatic heterocycles. The molecule has 1 fully saturated rings. The number of rotatable bonds is 4. The number of carbonyl (C=O) groups is 1. The Balaban J connectivity index is 0.00000127. The van der Waals surface area contributed by atoms with Crippen molar-refractivity contribution < 1.29 is 9.72 Å². The Hall–Kier alpha value is -1.99. The Kier molecular flexibility index (Phi) is 7.64. The van der Waals surface area contributed by atoms with E-state index in [1.165, 1.54) is 12.1 Å². The van der Waals surface area contributed by atoms with Gasteiger partial charge in [-0.25, -0.2) is 0 Å². The van der Waals surface area contributed by atoms with Gasteiger partial charge in [-0.1, -0.05) is 13.8 Å². The molecule has 0 bridgehead atoms. The lowest BCUT2D eigenvalue weighted by molar-refractivity contribution is -0.384. The van der Waals surface area contributed by atoms with Crippen molar-refractivity contribution in [2.24, 2.45) is 0 Å². The molecule has 128 valence electrons. The van der Waals surface area contributed by atoms with Gasteiger partial charge >= 0.3 is 0 Å². The number of benzene rings is 1. The summed E-state index contributed by atoms with van der Waals surface area (Å²) in [6.07, 6.45) is 0. The zero-order valence-corrected chi connectivity index (χ0v) is 14.4. The van der Waals surface area contributed by atoms with Crippen molar-refractivity contribution in [3.63, 3.8) is 0 Å². The van der Waals surface area contributed by atoms with Gasteiger partial charge in [0.1, 0.15) is 0 Å². The second kappa shape index (κ2) is 9.22. The maximum absolute atomic E-state index is 12.2. The molecule has 1 heterocycles. The SMILES string of the molecule is CC.CN1CCN(CC(=O)N(C)c2ccc([N+](=O)[O-])cc2)CC1. The molecule has 2 rings (SSSR count). The summed E-state index contributed by atoms with van der Waals surface area (Å²) in [6, 6.07) is 6.02. The summed E-state index contributed by atoms with van der Waals surface area (Å²) in [5.41, 5.74) is 0.693. The highest BCUT2D eigenvalue weighted by Gasteiger charge is 2.19. The van der Waals surface area contributed by atoms with Crippen LogP contribution in [-0.2, 0) is 4.79 Å². The van der Waals surface area contributed by atoms with Gasteiger partial charge in [0.05, 0.1) is 11.5 Å². The summed E-state index contributed by atoms with van der Waals surface area (Å²) >= 11 is 0. The van der Waals surface area contributed by atoms with Gasteiger partial charge < -0.3 is 9.80 Å². The predicted octanol–water partition coefficient (Wildman–Crippen LogP) is 1.83. The molecule has 23 heavy (non-hydrogen) atoms. The van der Waals surface area contributed by atoms with Crippen LogP contribution >= 0.6 is 0 Å². The first-order chi connectivity index (χ1) is 11.0. The zero-order valence-electron chi connectivity index (χ0n) is 14.4. The van der Waals surface area contributed by atoms with E-state index in [-0.39, 0.29) is 11.6 Å². The van der Waals surface area contributed by atoms with Crippen LogP contribution in [0.25, 0.3) is 0 Å². The number of carbonyl (C=O) groups excluding carboxylic acids is 1. The van der Waals surface area contributed by atoms with Crippen LogP contribution in [0.2, 0.25) is 0 Å². The van der Waals surface area contributed by atoms with E-state index in [0.29, 0.717) is 12.2 Å². The molecule has 7 nitrogen and oxygen atoms in total. The number of nitrogens with zero attached hydrogens (tertiary/aromatic N) is 4. The third-order valence-electron chi connectivity index (χ3n) is 3.78. The quantitative estimate of drug-likeness (QED) is 0.625. The number of nitro benzene ring substituents is 1. The van der Waals surface area contributed by atoms with Gasteiger partial charge in [0.25, 0.3) is 5.69 Å². The normalized spacial score (nSPS) is 15.5. The number of hydrogen-bond donors (Lipinski definition) is 0. The average Bonchev–Trinajstić information content (AvgIpc) is 2.58. The van der Waals surface area contributed by atoms with Crippen molar-refractivity contribution in [1.29, 1.82) is 0 Å². The molecule has 1 aliphatic rings. The van der Waals surface area contributed by atoms with E-state index in [1.54, 1.807) is 24.1 Å². The highest BCUT2D eigenvalue weighted by molar-refractivity contribution is 5.94. The molecule has 0 aliphatic carbocycles. The summed E-state index contributed by atoms with van der Waals surface area (Å²) in [6.45, 7) is 8.08. The lowest BCUT2D eigenvalue weighted by Gasteiger charge is -2.32. The number of likely N-dealkylation sites (N-methyl/N-ethyl adjacent to an activating group) is 2. The number of amides is 1. The summed E-state index contributed by atoms with van der Waals surface area (Å²) < 4.78 is 0. The Morgan fingerprint density at radius 2 is 1.70 bits per heavy atom. The van der Waals surface area contributed by atoms with Crippen LogP contribution in [0.15, 0.2) is 24.3 Å². The first-order valence-corrected chi connectivity index (χ1v) is 7.89. The summed E-state index contributed by atoms with van der Waals surface area (Å²) in [5, 5.41) is 10.6. The van der Waals surface area contributed by atoms with E-state index < -0.39 is 4.92 Å². The third-order valence-corrected chi connectivity index (χ3v) is 3.78. The molecule has 0 saturated carbocycles. The molecule has 0 unspecified atom stereocenters. The minimum atomic E-state index is -0.449. The molecule has 1 aromatic rings. The first kappa shape index (κ1) is 19.1. The van der Waals surface area contributed by atoms with Crippen molar-refractivity contribution in [3.8, 4) is 0 Å². The Bertz CT molecular complexity index is 511. The monoisotopic (exact) mass is 322 g/mol. The molecule has 0 N–H and O–H groups in total. The number of non-ortho nitro benzene ring substituents is 1. The van der Waals surface area contributed by atoms with Crippen LogP contribution < -0.4 is 4.90 Å². The minimum absolute atomic E-state index is 0.00611. The standard InChI is InChI=1S/C14H20N4O3.C2H6/c1-15-7-9-17(10-8-15)11-14(19)16(2)12-3-5-13(6-4-12)18(20)21;1-2/h3-6H,7-11H2,1-2H3;1-2H3. The van der Waals surface area contributed by atoms with E-state index in [9.17, 15) is 14.9 Å². The molecular formula is C16H26N4O3. The van der Waals surface area contributed by atoms with Gasteiger partial charge in [0, 0.05) is 51.0 Å². The first-order valence-electron chi connectivity index (χ1n) is 7.89. The van der Waals surface area contributed by atoms with Crippen LogP contribution in [-0.4, -0.2) is 67.4 Å². The highest BCUT2D eigenvalue weighted by Crippen LogP contribution is 2.18. The lowest BCUT2D eigenvalue weighted by Crippen LogP contribution is -2.48. The molecule has 0 radical (unpaired) electrons. The van der Waals surface area contributed by atoms with Crippen molar-refractivity contribution in [3.05, 3.63) is 34.4 Å². The third kappa shape index (κ3) is 5.61. The van der Waals surface area contributed by atoms with E-state index in [1.807, 2.05) is 13.8 Å². The van der Waals surface area contributed by atoms with Gasteiger partial charge in [0.2, 0.25) is 5.91 Å². The van der Waals surface area contributed by atoms with E-state index in [2.05, 4.69) is 16.8 Å². The van der Waals surface area contributed by atoms with Gasteiger partial charge in [0.15, 0.2) is 0 Å². The molecular weight excluding hydrogens is 296 g/mol. The minimum Gasteiger partial charge on any atom is -0.314 e. The van der Waals surface area contributed by atoms with Gasteiger partial charge in [-0.2, -0.15) is 0 Å². The maximum atomic E-state index is 12.2. The Morgan fingerprint density at radius 1 is 1.17 bits per heavy atom.